The molecule has 0 spiro atoms. The average molecular weight is 182 g/mol. The van der Waals surface area contributed by atoms with E-state index in [0.29, 0.717) is 0 Å². The number of pyridine rings is 1. The van der Waals surface area contributed by atoms with E-state index in [0.717, 1.165) is 6.07 Å². The molecule has 0 amide bonds. The monoisotopic (exact) mass is 181 g/mol. The summed E-state index contributed by atoms with van der Waals surface area (Å²) in [5, 5.41) is 8.18. The van der Waals surface area contributed by atoms with Gasteiger partial charge in [0.1, 0.15) is 0 Å². The minimum absolute atomic E-state index is 0.202. The first-order valence-electron chi connectivity index (χ1n) is 2.32. The molecule has 0 radical (unpaired) electrons. The zero-order valence-corrected chi connectivity index (χ0v) is 6.12. The van der Waals surface area contributed by atoms with Crippen molar-refractivity contribution in [1.29, 1.82) is 0 Å². The Balaban J connectivity index is 3.28. The van der Waals surface area contributed by atoms with Gasteiger partial charge in [-0.1, -0.05) is 23.2 Å². The summed E-state index contributed by atoms with van der Waals surface area (Å²) in [6.07, 6.45) is 0. The van der Waals surface area contributed by atoms with Crippen molar-refractivity contribution in [3.63, 3.8) is 0 Å². The van der Waals surface area contributed by atoms with E-state index in [9.17, 15) is 4.39 Å². The van der Waals surface area contributed by atoms with Gasteiger partial charge in [-0.25, -0.2) is 9.37 Å². The normalized spacial score (nSPS) is 9.90. The van der Waals surface area contributed by atoms with E-state index >= 15 is 0 Å². The Morgan fingerprint density at radius 1 is 1.40 bits per heavy atom. The van der Waals surface area contributed by atoms with Crippen molar-refractivity contribution in [2.45, 2.75) is 0 Å². The van der Waals surface area contributed by atoms with Crippen LogP contribution in [0.15, 0.2) is 6.07 Å². The van der Waals surface area contributed by atoms with Crippen LogP contribution in [0.1, 0.15) is 0 Å². The lowest BCUT2D eigenvalue weighted by Gasteiger charge is -1.95. The third kappa shape index (κ3) is 1.30. The van der Waals surface area contributed by atoms with Crippen molar-refractivity contribution in [3.8, 4) is 5.75 Å². The van der Waals surface area contributed by atoms with Crippen LogP contribution < -0.4 is 0 Å². The Morgan fingerprint density at radius 3 is 2.50 bits per heavy atom. The lowest BCUT2D eigenvalue weighted by atomic mass is 10.4. The summed E-state index contributed by atoms with van der Waals surface area (Å²) in [6, 6.07) is 0.803. The number of halogens is 3. The maximum Gasteiger partial charge on any atom is 0.172 e. The Morgan fingerprint density at radius 2 is 2.00 bits per heavy atom. The molecule has 2 nitrogen and oxygen atoms in total. The van der Waals surface area contributed by atoms with E-state index in [4.69, 9.17) is 28.3 Å². The second kappa shape index (κ2) is 2.60. The van der Waals surface area contributed by atoms with E-state index < -0.39 is 11.6 Å². The van der Waals surface area contributed by atoms with Gasteiger partial charge in [0.25, 0.3) is 0 Å². The Kier molecular flexibility index (Phi) is 1.97. The van der Waals surface area contributed by atoms with E-state index in [-0.39, 0.29) is 10.3 Å². The van der Waals surface area contributed by atoms with Crippen molar-refractivity contribution in [1.82, 2.24) is 4.98 Å². The first kappa shape index (κ1) is 7.57. The van der Waals surface area contributed by atoms with Crippen LogP contribution in [-0.4, -0.2) is 10.1 Å². The summed E-state index contributed by atoms with van der Waals surface area (Å²) in [6.45, 7) is 0. The largest absolute Gasteiger partial charge is 0.505 e. The van der Waals surface area contributed by atoms with Crippen LogP contribution in [0.3, 0.4) is 0 Å². The molecule has 0 atom stereocenters. The molecule has 1 aromatic heterocycles. The lowest BCUT2D eigenvalue weighted by molar-refractivity contribution is 0.465. The van der Waals surface area contributed by atoms with Gasteiger partial charge in [0.15, 0.2) is 21.9 Å². The summed E-state index contributed by atoms with van der Waals surface area (Å²) >= 11 is 10.5. The van der Waals surface area contributed by atoms with E-state index in [1.54, 1.807) is 0 Å². The van der Waals surface area contributed by atoms with E-state index in [2.05, 4.69) is 4.98 Å². The van der Waals surface area contributed by atoms with Crippen LogP contribution in [0.2, 0.25) is 10.3 Å². The summed E-state index contributed by atoms with van der Waals surface area (Å²) in [5.74, 6) is -1.20. The molecule has 0 fully saturated rings. The molecule has 5 heteroatoms. The first-order chi connectivity index (χ1) is 4.61. The van der Waals surface area contributed by atoms with Crippen LogP contribution in [0.25, 0.3) is 0 Å². The maximum absolute atomic E-state index is 12.3. The topological polar surface area (TPSA) is 33.1 Å². The number of rotatable bonds is 0. The van der Waals surface area contributed by atoms with Gasteiger partial charge >= 0.3 is 0 Å². The fourth-order valence-electron chi connectivity index (χ4n) is 0.436. The van der Waals surface area contributed by atoms with Crippen molar-refractivity contribution in [3.05, 3.63) is 22.2 Å². The smallest absolute Gasteiger partial charge is 0.172 e. The molecule has 1 heterocycles. The molecule has 0 saturated heterocycles. The molecule has 0 aliphatic rings. The van der Waals surface area contributed by atoms with E-state index in [1.807, 2.05) is 0 Å². The van der Waals surface area contributed by atoms with Crippen molar-refractivity contribution >= 4 is 23.2 Å². The molecule has 1 N–H and O–H groups in total. The summed E-state index contributed by atoms with van der Waals surface area (Å²) in [5.41, 5.74) is 0. The SMILES string of the molecule is Oc1cc(F)c(Cl)nc1Cl. The fourth-order valence-corrected chi connectivity index (χ4v) is 0.757. The van der Waals surface area contributed by atoms with Crippen LogP contribution >= 0.6 is 23.2 Å². The second-order valence-electron chi connectivity index (χ2n) is 1.57. The molecule has 0 bridgehead atoms. The third-order valence-electron chi connectivity index (χ3n) is 0.868. The number of nitrogens with zero attached hydrogens (tertiary/aromatic N) is 1. The highest BCUT2D eigenvalue weighted by molar-refractivity contribution is 6.33. The van der Waals surface area contributed by atoms with Gasteiger partial charge in [0, 0.05) is 6.07 Å². The van der Waals surface area contributed by atoms with Gasteiger partial charge in [-0.05, 0) is 0 Å². The van der Waals surface area contributed by atoms with Gasteiger partial charge in [0.05, 0.1) is 0 Å². The predicted molar refractivity (Wildman–Crippen MR) is 35.9 cm³/mol. The fraction of sp³-hybridized carbons (Fsp3) is 0. The molecule has 1 rings (SSSR count). The standard InChI is InChI=1S/C5H2Cl2FNO/c6-4-2(8)1-3(10)5(7)9-4/h1,10H. The van der Waals surface area contributed by atoms with Gasteiger partial charge in [-0.15, -0.1) is 0 Å². The molecule has 10 heavy (non-hydrogen) atoms. The van der Waals surface area contributed by atoms with Crippen molar-refractivity contribution in [2.75, 3.05) is 0 Å². The summed E-state index contributed by atoms with van der Waals surface area (Å²) in [7, 11) is 0. The van der Waals surface area contributed by atoms with Crippen LogP contribution in [0.5, 0.6) is 5.75 Å². The first-order valence-corrected chi connectivity index (χ1v) is 3.07. The minimum Gasteiger partial charge on any atom is -0.505 e. The van der Waals surface area contributed by atoms with Crippen LogP contribution in [-0.2, 0) is 0 Å². The molecule has 1 aromatic rings. The minimum atomic E-state index is -0.788. The molecule has 0 saturated carbocycles. The molecule has 0 aromatic carbocycles. The highest BCUT2D eigenvalue weighted by Crippen LogP contribution is 2.24. The number of hydrogen-bond acceptors (Lipinski definition) is 2. The summed E-state index contributed by atoms with van der Waals surface area (Å²) in [4.78, 5) is 3.28. The molecule has 0 aliphatic carbocycles. The lowest BCUT2D eigenvalue weighted by Crippen LogP contribution is -1.82. The average Bonchev–Trinajstić information content (AvgIpc) is 1.84. The van der Waals surface area contributed by atoms with E-state index in [1.165, 1.54) is 0 Å². The van der Waals surface area contributed by atoms with Gasteiger partial charge in [0.2, 0.25) is 0 Å². The number of hydrogen-bond donors (Lipinski definition) is 1. The second-order valence-corrected chi connectivity index (χ2v) is 2.29. The quantitative estimate of drug-likeness (QED) is 0.624. The van der Waals surface area contributed by atoms with Crippen LogP contribution in [0, 0.1) is 5.82 Å². The van der Waals surface area contributed by atoms with Gasteiger partial charge in [-0.2, -0.15) is 0 Å². The Hall–Kier alpha value is -0.540. The molecular formula is C5H2Cl2FNO. The highest BCUT2D eigenvalue weighted by Gasteiger charge is 2.06. The highest BCUT2D eigenvalue weighted by atomic mass is 35.5. The Bertz CT molecular complexity index is 216. The maximum atomic E-state index is 12.3. The summed E-state index contributed by atoms with van der Waals surface area (Å²) < 4.78 is 12.3. The van der Waals surface area contributed by atoms with Gasteiger partial charge in [-0.3, -0.25) is 0 Å². The van der Waals surface area contributed by atoms with Crippen molar-refractivity contribution in [2.24, 2.45) is 0 Å². The van der Waals surface area contributed by atoms with Crippen LogP contribution in [0.4, 0.5) is 4.39 Å². The Labute approximate surface area is 66.2 Å². The number of aromatic hydroxyl groups is 1. The zero-order chi connectivity index (χ0) is 7.72. The third-order valence-corrected chi connectivity index (χ3v) is 1.41. The molecule has 0 aliphatic heterocycles. The number of aromatic nitrogens is 1. The zero-order valence-electron chi connectivity index (χ0n) is 4.61. The molecular weight excluding hydrogens is 180 g/mol. The molecule has 0 unspecified atom stereocenters. The van der Waals surface area contributed by atoms with Crippen molar-refractivity contribution < 1.29 is 9.50 Å². The van der Waals surface area contributed by atoms with Gasteiger partial charge < -0.3 is 5.11 Å². The molecule has 54 valence electrons. The predicted octanol–water partition coefficient (Wildman–Crippen LogP) is 2.23.